The Bertz CT molecular complexity index is 61.4. The molecule has 0 saturated carbocycles. The molecule has 0 spiro atoms. The fourth-order valence-electron chi connectivity index (χ4n) is 0.710. The third kappa shape index (κ3) is 1.70. The second-order valence-corrected chi connectivity index (χ2v) is 2.33. The summed E-state index contributed by atoms with van der Waals surface area (Å²) >= 11 is 0. The molecule has 0 amide bonds. The zero-order chi connectivity index (χ0) is 5.82. The molecule has 0 radical (unpaired) electrons. The third-order valence-corrected chi connectivity index (χ3v) is 1.43. The second kappa shape index (κ2) is 3.39. The van der Waals surface area contributed by atoms with Crippen LogP contribution < -0.4 is 0 Å². The van der Waals surface area contributed by atoms with Crippen LogP contribution in [0.15, 0.2) is 0 Å². The van der Waals surface area contributed by atoms with Crippen LogP contribution in [0.2, 0.25) is 0 Å². The van der Waals surface area contributed by atoms with E-state index in [9.17, 15) is 0 Å². The number of ether oxygens (including phenoxy) is 2. The minimum atomic E-state index is 0.0903. The molecule has 1 aliphatic rings. The summed E-state index contributed by atoms with van der Waals surface area (Å²) in [5.41, 5.74) is 0. The quantitative estimate of drug-likeness (QED) is 0.515. The summed E-state index contributed by atoms with van der Waals surface area (Å²) in [5, 5.41) is 0. The highest BCUT2D eigenvalue weighted by Gasteiger charge is 2.13. The van der Waals surface area contributed by atoms with Crippen LogP contribution in [0.25, 0.3) is 0 Å². The zero-order valence-corrected chi connectivity index (χ0v) is 5.95. The molecule has 0 aliphatic carbocycles. The topological polar surface area (TPSA) is 18.5 Å². The lowest BCUT2D eigenvalue weighted by Crippen LogP contribution is -2.06. The third-order valence-electron chi connectivity index (χ3n) is 1.09. The molecule has 3 heteroatoms. The standard InChI is InChI=1S/C5H11O2P/c8-4-1-5-6-2-3-7-5/h5H,1-4,8H2. The molecule has 0 aromatic carbocycles. The van der Waals surface area contributed by atoms with Crippen molar-refractivity contribution in [1.29, 1.82) is 0 Å². The van der Waals surface area contributed by atoms with Gasteiger partial charge in [0, 0.05) is 6.42 Å². The number of rotatable bonds is 2. The van der Waals surface area contributed by atoms with Gasteiger partial charge in [-0.15, -0.1) is 9.24 Å². The average molecular weight is 134 g/mol. The van der Waals surface area contributed by atoms with E-state index in [0.29, 0.717) is 0 Å². The molecule has 2 nitrogen and oxygen atoms in total. The Labute approximate surface area is 51.8 Å². The average Bonchev–Trinajstić information content (AvgIpc) is 2.19. The second-order valence-electron chi connectivity index (χ2n) is 1.75. The van der Waals surface area contributed by atoms with Crippen molar-refractivity contribution < 1.29 is 9.47 Å². The minimum Gasteiger partial charge on any atom is -0.350 e. The van der Waals surface area contributed by atoms with Gasteiger partial charge in [-0.1, -0.05) is 0 Å². The molecule has 1 fully saturated rings. The molecular weight excluding hydrogens is 123 g/mol. The fraction of sp³-hybridized carbons (Fsp3) is 1.00. The molecule has 1 saturated heterocycles. The summed E-state index contributed by atoms with van der Waals surface area (Å²) in [5.74, 6) is 0. The van der Waals surface area contributed by atoms with E-state index in [0.717, 1.165) is 25.8 Å². The molecule has 0 N–H and O–H groups in total. The molecule has 8 heavy (non-hydrogen) atoms. The Kier molecular flexibility index (Phi) is 2.74. The van der Waals surface area contributed by atoms with Crippen LogP contribution in [0.1, 0.15) is 6.42 Å². The summed E-state index contributed by atoms with van der Waals surface area (Å²) < 4.78 is 10.3. The highest BCUT2D eigenvalue weighted by atomic mass is 31.0. The predicted molar refractivity (Wildman–Crippen MR) is 34.9 cm³/mol. The number of hydrogen-bond acceptors (Lipinski definition) is 2. The normalized spacial score (nSPS) is 22.1. The summed E-state index contributed by atoms with van der Waals surface area (Å²) in [6.45, 7) is 1.55. The zero-order valence-electron chi connectivity index (χ0n) is 4.80. The Balaban J connectivity index is 2.06. The van der Waals surface area contributed by atoms with Crippen LogP contribution in [0.5, 0.6) is 0 Å². The molecule has 1 rings (SSSR count). The van der Waals surface area contributed by atoms with Crippen LogP contribution in [0.4, 0.5) is 0 Å². The monoisotopic (exact) mass is 134 g/mol. The van der Waals surface area contributed by atoms with E-state index < -0.39 is 0 Å². The first-order valence-corrected chi connectivity index (χ1v) is 3.68. The Morgan fingerprint density at radius 3 is 2.50 bits per heavy atom. The van der Waals surface area contributed by atoms with E-state index in [1.54, 1.807) is 0 Å². The molecule has 0 aromatic rings. The first-order valence-electron chi connectivity index (χ1n) is 2.87. The van der Waals surface area contributed by atoms with Gasteiger partial charge in [-0.05, 0) is 6.16 Å². The van der Waals surface area contributed by atoms with Crippen LogP contribution >= 0.6 is 9.24 Å². The van der Waals surface area contributed by atoms with Crippen molar-refractivity contribution in [3.05, 3.63) is 0 Å². The Morgan fingerprint density at radius 1 is 1.38 bits per heavy atom. The van der Waals surface area contributed by atoms with Crippen molar-refractivity contribution in [3.8, 4) is 0 Å². The highest BCUT2D eigenvalue weighted by molar-refractivity contribution is 7.16. The molecule has 0 bridgehead atoms. The lowest BCUT2D eigenvalue weighted by atomic mass is 10.5. The van der Waals surface area contributed by atoms with Crippen molar-refractivity contribution in [3.63, 3.8) is 0 Å². The first-order chi connectivity index (χ1) is 3.93. The molecule has 1 atom stereocenters. The smallest absolute Gasteiger partial charge is 0.158 e. The highest BCUT2D eigenvalue weighted by Crippen LogP contribution is 2.08. The van der Waals surface area contributed by atoms with Gasteiger partial charge in [0.25, 0.3) is 0 Å². The summed E-state index contributed by atoms with van der Waals surface area (Å²) in [7, 11) is 2.65. The molecule has 1 heterocycles. The Morgan fingerprint density at radius 2 is 2.00 bits per heavy atom. The van der Waals surface area contributed by atoms with Gasteiger partial charge in [0.1, 0.15) is 0 Å². The van der Waals surface area contributed by atoms with Crippen molar-refractivity contribution in [2.45, 2.75) is 12.7 Å². The van der Waals surface area contributed by atoms with Crippen molar-refractivity contribution >= 4 is 9.24 Å². The predicted octanol–water partition coefficient (Wildman–Crippen LogP) is 0.625. The summed E-state index contributed by atoms with van der Waals surface area (Å²) in [6, 6.07) is 0. The van der Waals surface area contributed by atoms with E-state index in [4.69, 9.17) is 9.47 Å². The van der Waals surface area contributed by atoms with E-state index in [1.165, 1.54) is 0 Å². The SMILES string of the molecule is PCCC1OCCO1. The van der Waals surface area contributed by atoms with E-state index >= 15 is 0 Å². The first kappa shape index (κ1) is 6.47. The van der Waals surface area contributed by atoms with Gasteiger partial charge in [-0.2, -0.15) is 0 Å². The molecular formula is C5H11O2P. The van der Waals surface area contributed by atoms with Crippen molar-refractivity contribution in [2.75, 3.05) is 19.4 Å². The van der Waals surface area contributed by atoms with E-state index in [2.05, 4.69) is 9.24 Å². The van der Waals surface area contributed by atoms with Crippen LogP contribution in [-0.4, -0.2) is 25.7 Å². The van der Waals surface area contributed by atoms with Gasteiger partial charge in [0.15, 0.2) is 6.29 Å². The van der Waals surface area contributed by atoms with Crippen molar-refractivity contribution in [2.24, 2.45) is 0 Å². The maximum Gasteiger partial charge on any atom is 0.158 e. The number of hydrogen-bond donors (Lipinski definition) is 0. The molecule has 0 aromatic heterocycles. The van der Waals surface area contributed by atoms with E-state index in [1.807, 2.05) is 0 Å². The minimum absolute atomic E-state index is 0.0903. The van der Waals surface area contributed by atoms with E-state index in [-0.39, 0.29) is 6.29 Å². The van der Waals surface area contributed by atoms with Gasteiger partial charge in [-0.3, -0.25) is 0 Å². The van der Waals surface area contributed by atoms with Gasteiger partial charge in [0.2, 0.25) is 0 Å². The maximum absolute atomic E-state index is 5.16. The molecule has 1 aliphatic heterocycles. The van der Waals surface area contributed by atoms with Gasteiger partial charge in [0.05, 0.1) is 13.2 Å². The van der Waals surface area contributed by atoms with Crippen molar-refractivity contribution in [1.82, 2.24) is 0 Å². The van der Waals surface area contributed by atoms with Crippen LogP contribution in [0.3, 0.4) is 0 Å². The maximum atomic E-state index is 5.16. The summed E-state index contributed by atoms with van der Waals surface area (Å²) in [6.07, 6.45) is 2.16. The Hall–Kier alpha value is 0.350. The largest absolute Gasteiger partial charge is 0.350 e. The van der Waals surface area contributed by atoms with Gasteiger partial charge in [-0.25, -0.2) is 0 Å². The van der Waals surface area contributed by atoms with Crippen LogP contribution in [0, 0.1) is 0 Å². The van der Waals surface area contributed by atoms with Gasteiger partial charge < -0.3 is 9.47 Å². The lowest BCUT2D eigenvalue weighted by Gasteiger charge is -2.04. The van der Waals surface area contributed by atoms with Gasteiger partial charge >= 0.3 is 0 Å². The molecule has 1 unspecified atom stereocenters. The summed E-state index contributed by atoms with van der Waals surface area (Å²) in [4.78, 5) is 0. The lowest BCUT2D eigenvalue weighted by molar-refractivity contribution is -0.0421. The molecule has 48 valence electrons. The fourth-order valence-corrected chi connectivity index (χ4v) is 0.982. The van der Waals surface area contributed by atoms with Crippen LogP contribution in [-0.2, 0) is 9.47 Å².